The Bertz CT molecular complexity index is 943. The van der Waals surface area contributed by atoms with Crippen molar-refractivity contribution in [2.24, 2.45) is 22.7 Å². The molecule has 0 spiro atoms. The Balaban J connectivity index is 1.64. The number of anilines is 1. The number of amides is 2. The van der Waals surface area contributed by atoms with Gasteiger partial charge in [0, 0.05) is 42.1 Å². The van der Waals surface area contributed by atoms with Crippen molar-refractivity contribution in [3.8, 4) is 0 Å². The van der Waals surface area contributed by atoms with Crippen molar-refractivity contribution in [1.82, 2.24) is 9.88 Å². The Labute approximate surface area is 220 Å². The van der Waals surface area contributed by atoms with Gasteiger partial charge < -0.3 is 20.4 Å². The Morgan fingerprint density at radius 1 is 1.19 bits per heavy atom. The topological polar surface area (TPSA) is 103 Å². The maximum absolute atomic E-state index is 13.6. The number of aliphatic hydroxyl groups excluding tert-OH is 2. The molecule has 0 bridgehead atoms. The second-order valence-corrected chi connectivity index (χ2v) is 13.2. The van der Waals surface area contributed by atoms with Gasteiger partial charge in [-0.2, -0.15) is 0 Å². The largest absolute Gasteiger partial charge is 0.396 e. The summed E-state index contributed by atoms with van der Waals surface area (Å²) in [5, 5.41) is 25.0. The van der Waals surface area contributed by atoms with Crippen LogP contribution in [-0.4, -0.2) is 57.7 Å². The first-order valence-electron chi connectivity index (χ1n) is 14.0. The maximum atomic E-state index is 13.6. The molecule has 1 aromatic rings. The monoisotopic (exact) mass is 519 g/mol. The molecule has 1 aromatic heterocycles. The first-order chi connectivity index (χ1) is 17.1. The number of rotatable bonds is 8. The van der Waals surface area contributed by atoms with E-state index in [1.54, 1.807) is 0 Å². The minimum absolute atomic E-state index is 0.0103. The highest BCUT2D eigenvalue weighted by Gasteiger charge is 2.59. The van der Waals surface area contributed by atoms with Crippen LogP contribution in [0.5, 0.6) is 0 Å². The lowest BCUT2D eigenvalue weighted by Gasteiger charge is -2.58. The second kappa shape index (κ2) is 11.1. The number of piperidine rings is 1. The number of carbonyl (C=O) groups is 2. The highest BCUT2D eigenvalue weighted by molar-refractivity contribution is 7.15. The minimum atomic E-state index is -0.639. The molecule has 1 saturated heterocycles. The van der Waals surface area contributed by atoms with Crippen LogP contribution in [0, 0.1) is 22.7 Å². The van der Waals surface area contributed by atoms with Crippen LogP contribution in [0.15, 0.2) is 0 Å². The van der Waals surface area contributed by atoms with E-state index in [9.17, 15) is 19.8 Å². The van der Waals surface area contributed by atoms with Crippen LogP contribution in [0.25, 0.3) is 0 Å². The number of thiazole rings is 1. The number of fused-ring (bicyclic) bond motifs is 2. The van der Waals surface area contributed by atoms with E-state index in [1.165, 1.54) is 11.3 Å². The zero-order valence-corrected chi connectivity index (χ0v) is 23.3. The highest BCUT2D eigenvalue weighted by Crippen LogP contribution is 2.63. The van der Waals surface area contributed by atoms with Gasteiger partial charge in [0.15, 0.2) is 5.13 Å². The summed E-state index contributed by atoms with van der Waals surface area (Å²) in [4.78, 5) is 34.1. The van der Waals surface area contributed by atoms with Crippen molar-refractivity contribution in [2.45, 2.75) is 104 Å². The summed E-state index contributed by atoms with van der Waals surface area (Å²) >= 11 is 1.51. The molecular weight excluding hydrogens is 474 g/mol. The molecule has 7 nitrogen and oxygen atoms in total. The number of aromatic nitrogens is 1. The third-order valence-electron chi connectivity index (χ3n) is 9.66. The number of nitrogens with zero attached hydrogens (tertiary/aromatic N) is 2. The van der Waals surface area contributed by atoms with Crippen LogP contribution in [0.3, 0.4) is 0 Å². The first kappa shape index (κ1) is 27.5. The Hall–Kier alpha value is -1.51. The quantitative estimate of drug-likeness (QED) is 0.431. The molecule has 1 saturated carbocycles. The minimum Gasteiger partial charge on any atom is -0.396 e. The van der Waals surface area contributed by atoms with Gasteiger partial charge in [0.05, 0.1) is 18.4 Å². The standard InChI is InChI=1S/C28H45N3O4S/c1-5-6-7-8-23(34)29-26-30-25-19(15-24(35)31-13-10-18(2)11-14-31)27(3)12-9-22(33)28(4,17-32)21(27)16-20(25)36-26/h18-19,21-22,32-33H,5-17H2,1-4H3,(H,29,30,34)/t19-,21-,22-,27+,28+/m1/s1. The van der Waals surface area contributed by atoms with E-state index in [4.69, 9.17) is 4.98 Å². The Morgan fingerprint density at radius 2 is 1.92 bits per heavy atom. The number of likely N-dealkylation sites (tertiary alicyclic amines) is 1. The number of unbranched alkanes of at least 4 members (excludes halogenated alkanes) is 2. The van der Waals surface area contributed by atoms with Gasteiger partial charge in [-0.25, -0.2) is 4.98 Å². The molecule has 0 radical (unpaired) electrons. The summed E-state index contributed by atoms with van der Waals surface area (Å²) in [6.07, 6.45) is 7.46. The van der Waals surface area contributed by atoms with Gasteiger partial charge in [0.2, 0.25) is 11.8 Å². The predicted octanol–water partition coefficient (Wildman–Crippen LogP) is 4.73. The third-order valence-corrected chi connectivity index (χ3v) is 10.7. The van der Waals surface area contributed by atoms with E-state index < -0.39 is 11.5 Å². The smallest absolute Gasteiger partial charge is 0.226 e. The molecule has 2 fully saturated rings. The molecule has 3 aliphatic rings. The van der Waals surface area contributed by atoms with Gasteiger partial charge in [-0.05, 0) is 55.8 Å². The Morgan fingerprint density at radius 3 is 2.58 bits per heavy atom. The molecule has 1 aliphatic heterocycles. The molecule has 3 N–H and O–H groups in total. The molecule has 8 heteroatoms. The van der Waals surface area contributed by atoms with Gasteiger partial charge in [0.1, 0.15) is 0 Å². The number of hydrogen-bond acceptors (Lipinski definition) is 6. The van der Waals surface area contributed by atoms with Crippen molar-refractivity contribution in [2.75, 3.05) is 25.0 Å². The fourth-order valence-corrected chi connectivity index (χ4v) is 8.06. The molecular formula is C28H45N3O4S. The molecule has 202 valence electrons. The SMILES string of the molecule is CCCCCC(=O)Nc1nc2c(s1)C[C@H]1[C@](C)(CO)[C@H](O)CC[C@@]1(C)[C@@H]2CC(=O)N1CCC(C)CC1. The van der Waals surface area contributed by atoms with Crippen molar-refractivity contribution in [3.05, 3.63) is 10.6 Å². The van der Waals surface area contributed by atoms with Gasteiger partial charge >= 0.3 is 0 Å². The highest BCUT2D eigenvalue weighted by atomic mass is 32.1. The van der Waals surface area contributed by atoms with E-state index in [0.717, 1.165) is 62.2 Å². The fraction of sp³-hybridized carbons (Fsp3) is 0.821. The van der Waals surface area contributed by atoms with E-state index in [0.29, 0.717) is 36.7 Å². The van der Waals surface area contributed by atoms with Crippen LogP contribution in [0.1, 0.15) is 102 Å². The van der Waals surface area contributed by atoms with Gasteiger partial charge in [0.25, 0.3) is 0 Å². The van der Waals surface area contributed by atoms with Crippen LogP contribution in [-0.2, 0) is 16.0 Å². The summed E-state index contributed by atoms with van der Waals surface area (Å²) in [6, 6.07) is 0. The summed E-state index contributed by atoms with van der Waals surface area (Å²) in [7, 11) is 0. The average molecular weight is 520 g/mol. The average Bonchev–Trinajstić information content (AvgIpc) is 3.25. The van der Waals surface area contributed by atoms with Crippen molar-refractivity contribution in [1.29, 1.82) is 0 Å². The van der Waals surface area contributed by atoms with Crippen molar-refractivity contribution < 1.29 is 19.8 Å². The molecule has 36 heavy (non-hydrogen) atoms. The summed E-state index contributed by atoms with van der Waals surface area (Å²) in [5.41, 5.74) is 0.0389. The second-order valence-electron chi connectivity index (χ2n) is 12.1. The summed E-state index contributed by atoms with van der Waals surface area (Å²) in [6.45, 7) is 10.1. The maximum Gasteiger partial charge on any atom is 0.226 e. The number of aliphatic hydroxyl groups is 2. The molecule has 5 atom stereocenters. The number of hydrogen-bond donors (Lipinski definition) is 3. The fourth-order valence-electron chi connectivity index (χ4n) is 6.98. The van der Waals surface area contributed by atoms with Crippen LogP contribution < -0.4 is 5.32 Å². The summed E-state index contributed by atoms with van der Waals surface area (Å²) < 4.78 is 0. The lowest BCUT2D eigenvalue weighted by atomic mass is 9.47. The van der Waals surface area contributed by atoms with Gasteiger partial charge in [-0.3, -0.25) is 9.59 Å². The van der Waals surface area contributed by atoms with E-state index >= 15 is 0 Å². The molecule has 2 heterocycles. The number of carbonyl (C=O) groups excluding carboxylic acids is 2. The molecule has 4 rings (SSSR count). The zero-order valence-electron chi connectivity index (χ0n) is 22.5. The molecule has 0 aromatic carbocycles. The van der Waals surface area contributed by atoms with Crippen LogP contribution in [0.2, 0.25) is 0 Å². The summed E-state index contributed by atoms with van der Waals surface area (Å²) in [5.74, 6) is 0.750. The van der Waals surface area contributed by atoms with E-state index in [-0.39, 0.29) is 35.7 Å². The van der Waals surface area contributed by atoms with Crippen molar-refractivity contribution in [3.63, 3.8) is 0 Å². The molecule has 2 aliphatic carbocycles. The normalized spacial score (nSPS) is 32.6. The lowest BCUT2D eigenvalue weighted by molar-refractivity contribution is -0.147. The molecule has 0 unspecified atom stereocenters. The first-order valence-corrected chi connectivity index (χ1v) is 14.8. The van der Waals surface area contributed by atoms with Gasteiger partial charge in [-0.1, -0.05) is 40.5 Å². The predicted molar refractivity (Wildman–Crippen MR) is 143 cm³/mol. The third kappa shape index (κ3) is 5.23. The van der Waals surface area contributed by atoms with E-state index in [1.807, 2.05) is 11.8 Å². The van der Waals surface area contributed by atoms with Crippen LogP contribution >= 0.6 is 11.3 Å². The zero-order chi connectivity index (χ0) is 26.1. The Kier molecular flexibility index (Phi) is 8.47. The number of nitrogens with one attached hydrogen (secondary N) is 1. The molecule has 2 amide bonds. The lowest BCUT2D eigenvalue weighted by Crippen LogP contribution is -2.57. The van der Waals surface area contributed by atoms with Crippen LogP contribution in [0.4, 0.5) is 5.13 Å². The van der Waals surface area contributed by atoms with Gasteiger partial charge in [-0.15, -0.1) is 11.3 Å². The van der Waals surface area contributed by atoms with Crippen molar-refractivity contribution >= 4 is 28.3 Å². The van der Waals surface area contributed by atoms with E-state index in [2.05, 4.69) is 26.1 Å².